The Labute approximate surface area is 247 Å². The molecule has 3 unspecified atom stereocenters. The topological polar surface area (TPSA) is 108 Å². The van der Waals surface area contributed by atoms with Gasteiger partial charge in [0.2, 0.25) is 0 Å². The maximum atomic E-state index is 14.6. The molecule has 10 heteroatoms. The van der Waals surface area contributed by atoms with Gasteiger partial charge in [0.1, 0.15) is 23.3 Å². The maximum absolute atomic E-state index is 14.6. The summed E-state index contributed by atoms with van der Waals surface area (Å²) in [6.45, 7) is 0. The number of ketones is 1. The summed E-state index contributed by atoms with van der Waals surface area (Å²) >= 11 is 6.35. The van der Waals surface area contributed by atoms with Crippen LogP contribution in [0.5, 0.6) is 5.75 Å². The monoisotopic (exact) mass is 590 g/mol. The van der Waals surface area contributed by atoms with E-state index in [-0.39, 0.29) is 23.4 Å². The number of ether oxygens (including phenoxy) is 3. The normalized spacial score (nSPS) is 20.3. The summed E-state index contributed by atoms with van der Waals surface area (Å²) in [7, 11) is 3.98. The first-order chi connectivity index (χ1) is 20.2. The number of benzene rings is 3. The van der Waals surface area contributed by atoms with Crippen molar-refractivity contribution in [3.8, 4) is 5.75 Å². The number of hydrogen-bond acceptors (Lipinski definition) is 8. The molecule has 8 nitrogen and oxygen atoms in total. The fourth-order valence-corrected chi connectivity index (χ4v) is 6.00. The molecular weight excluding hydrogens is 563 g/mol. The van der Waals surface area contributed by atoms with Crippen LogP contribution in [0.15, 0.2) is 95.5 Å². The Morgan fingerprint density at radius 2 is 1.64 bits per heavy atom. The molecule has 0 spiro atoms. The fraction of sp³-hybridized carbons (Fsp3) is 0.219. The lowest BCUT2D eigenvalue weighted by Crippen LogP contribution is -2.46. The van der Waals surface area contributed by atoms with Crippen molar-refractivity contribution >= 4 is 35.0 Å². The number of nitrogens with zero attached hydrogens (tertiary/aromatic N) is 1. The Kier molecular flexibility index (Phi) is 8.04. The molecule has 1 aliphatic carbocycles. The highest BCUT2D eigenvalue weighted by atomic mass is 35.5. The van der Waals surface area contributed by atoms with Crippen molar-refractivity contribution in [2.24, 2.45) is 11.7 Å². The van der Waals surface area contributed by atoms with E-state index in [0.29, 0.717) is 33.3 Å². The fourth-order valence-electron chi connectivity index (χ4n) is 5.80. The van der Waals surface area contributed by atoms with E-state index in [9.17, 15) is 18.8 Å². The Morgan fingerprint density at radius 1 is 0.952 bits per heavy atom. The number of hydrogen-bond donors (Lipinski definition) is 1. The van der Waals surface area contributed by atoms with Crippen LogP contribution in [0.2, 0.25) is 5.02 Å². The van der Waals surface area contributed by atoms with Crippen molar-refractivity contribution in [3.63, 3.8) is 0 Å². The molecule has 3 aromatic rings. The summed E-state index contributed by atoms with van der Waals surface area (Å²) in [5, 5.41) is 0.377. The van der Waals surface area contributed by atoms with Crippen molar-refractivity contribution in [1.82, 2.24) is 0 Å². The molecule has 0 aromatic heterocycles. The van der Waals surface area contributed by atoms with E-state index >= 15 is 0 Å². The molecule has 42 heavy (non-hydrogen) atoms. The first-order valence-corrected chi connectivity index (χ1v) is 13.5. The van der Waals surface area contributed by atoms with E-state index in [0.717, 1.165) is 0 Å². The average molecular weight is 591 g/mol. The number of halogens is 2. The largest absolute Gasteiger partial charge is 0.497 e. The van der Waals surface area contributed by atoms with Crippen LogP contribution < -0.4 is 15.4 Å². The molecule has 5 rings (SSSR count). The molecule has 0 fully saturated rings. The number of rotatable bonds is 6. The second kappa shape index (κ2) is 11.7. The van der Waals surface area contributed by atoms with E-state index in [1.54, 1.807) is 60.5 Å². The summed E-state index contributed by atoms with van der Waals surface area (Å²) in [4.78, 5) is 42.8. The zero-order valence-corrected chi connectivity index (χ0v) is 23.9. The smallest absolute Gasteiger partial charge is 0.338 e. The standard InChI is InChI=1S/C32H28ClFN2O6/c1-40-22-13-7-17(8-14-22)23-16-24-27(29(37)26(23)31(38)41-2)25(18-5-4-6-19(33)15-18)28(32(39)42-3)30(35)36(24)21-11-9-20(34)10-12-21/h4-15,23,25-26H,16,35H2,1-3H3. The molecule has 0 amide bonds. The molecule has 3 aromatic carbocycles. The molecule has 2 aliphatic rings. The number of Topliss-reactive ketones (excluding diaryl/α,β-unsaturated/α-hetero) is 1. The van der Waals surface area contributed by atoms with Crippen LogP contribution in [0.3, 0.4) is 0 Å². The Balaban J connectivity index is 1.81. The molecule has 1 heterocycles. The van der Waals surface area contributed by atoms with Gasteiger partial charge in [0.15, 0.2) is 5.78 Å². The molecule has 2 N–H and O–H groups in total. The first-order valence-electron chi connectivity index (χ1n) is 13.1. The molecule has 3 atom stereocenters. The number of carbonyl (C=O) groups excluding carboxylic acids is 3. The van der Waals surface area contributed by atoms with Crippen molar-refractivity contribution in [1.29, 1.82) is 0 Å². The van der Waals surface area contributed by atoms with Crippen molar-refractivity contribution in [2.75, 3.05) is 26.2 Å². The van der Waals surface area contributed by atoms with Crippen molar-refractivity contribution in [3.05, 3.63) is 117 Å². The highest BCUT2D eigenvalue weighted by molar-refractivity contribution is 6.30. The highest BCUT2D eigenvalue weighted by Gasteiger charge is 2.51. The van der Waals surface area contributed by atoms with Crippen molar-refractivity contribution in [2.45, 2.75) is 18.3 Å². The number of esters is 2. The van der Waals surface area contributed by atoms with Gasteiger partial charge in [-0.05, 0) is 66.1 Å². The van der Waals surface area contributed by atoms with Gasteiger partial charge in [0, 0.05) is 27.9 Å². The van der Waals surface area contributed by atoms with Gasteiger partial charge < -0.3 is 19.9 Å². The Bertz CT molecular complexity index is 1620. The third-order valence-corrected chi connectivity index (χ3v) is 7.94. The number of methoxy groups -OCH3 is 3. The van der Waals surface area contributed by atoms with E-state index in [2.05, 4.69) is 0 Å². The number of carbonyl (C=O) groups is 3. The minimum absolute atomic E-state index is 0.00924. The van der Waals surface area contributed by atoms with Crippen LogP contribution >= 0.6 is 11.6 Å². The Hall–Kier alpha value is -4.63. The molecule has 0 saturated carbocycles. The zero-order valence-electron chi connectivity index (χ0n) is 23.1. The van der Waals surface area contributed by atoms with Gasteiger partial charge in [-0.3, -0.25) is 14.5 Å². The van der Waals surface area contributed by atoms with E-state index in [4.69, 9.17) is 31.5 Å². The molecular formula is C32H28ClFN2O6. The van der Waals surface area contributed by atoms with Gasteiger partial charge in [0.05, 0.1) is 32.8 Å². The van der Waals surface area contributed by atoms with Crippen LogP contribution in [-0.2, 0) is 23.9 Å². The third kappa shape index (κ3) is 5.00. The summed E-state index contributed by atoms with van der Waals surface area (Å²) in [6.07, 6.45) is 0.163. The van der Waals surface area contributed by atoms with Gasteiger partial charge >= 0.3 is 11.9 Å². The SMILES string of the molecule is COC(=O)C1=C(N)N(c2ccc(F)cc2)C2=C(C(=O)C(C(=O)OC)C(c3ccc(OC)cc3)C2)C1c1cccc(Cl)c1. The summed E-state index contributed by atoms with van der Waals surface area (Å²) in [6, 6.07) is 19.3. The minimum Gasteiger partial charge on any atom is -0.497 e. The predicted octanol–water partition coefficient (Wildman–Crippen LogP) is 5.23. The second-order valence-corrected chi connectivity index (χ2v) is 10.3. The molecule has 0 bridgehead atoms. The molecule has 216 valence electrons. The van der Waals surface area contributed by atoms with E-state index in [1.807, 2.05) is 0 Å². The third-order valence-electron chi connectivity index (χ3n) is 7.71. The van der Waals surface area contributed by atoms with Gasteiger partial charge in [-0.25, -0.2) is 9.18 Å². The zero-order chi connectivity index (χ0) is 30.1. The average Bonchev–Trinajstić information content (AvgIpc) is 3.00. The van der Waals surface area contributed by atoms with Gasteiger partial charge in [-0.1, -0.05) is 35.9 Å². The number of anilines is 1. The van der Waals surface area contributed by atoms with Crippen LogP contribution in [0.1, 0.15) is 29.4 Å². The number of allylic oxidation sites excluding steroid dienone is 2. The van der Waals surface area contributed by atoms with Crippen LogP contribution in [0.25, 0.3) is 0 Å². The quantitative estimate of drug-likeness (QED) is 0.307. The summed E-state index contributed by atoms with van der Waals surface area (Å²) in [5.74, 6) is -4.74. The van der Waals surface area contributed by atoms with Gasteiger partial charge in [-0.15, -0.1) is 0 Å². The van der Waals surface area contributed by atoms with E-state index < -0.39 is 41.3 Å². The number of nitrogens with two attached hydrogens (primary N) is 1. The van der Waals surface area contributed by atoms with E-state index in [1.165, 1.54) is 38.5 Å². The lowest BCUT2D eigenvalue weighted by Gasteiger charge is -2.44. The van der Waals surface area contributed by atoms with Gasteiger partial charge in [-0.2, -0.15) is 0 Å². The second-order valence-electron chi connectivity index (χ2n) is 9.90. The lowest BCUT2D eigenvalue weighted by atomic mass is 9.67. The Morgan fingerprint density at radius 3 is 2.24 bits per heavy atom. The molecule has 0 saturated heterocycles. The summed E-state index contributed by atoms with van der Waals surface area (Å²) in [5.41, 5.74) is 9.01. The van der Waals surface area contributed by atoms with Crippen LogP contribution in [0.4, 0.5) is 10.1 Å². The minimum atomic E-state index is -1.22. The lowest BCUT2D eigenvalue weighted by molar-refractivity contribution is -0.150. The van der Waals surface area contributed by atoms with Crippen molar-refractivity contribution < 1.29 is 33.0 Å². The van der Waals surface area contributed by atoms with Crippen LogP contribution in [-0.4, -0.2) is 39.1 Å². The first kappa shape index (κ1) is 28.9. The van der Waals surface area contributed by atoms with Gasteiger partial charge in [0.25, 0.3) is 0 Å². The maximum Gasteiger partial charge on any atom is 0.338 e. The summed E-state index contributed by atoms with van der Waals surface area (Å²) < 4.78 is 29.5. The van der Waals surface area contributed by atoms with Crippen LogP contribution in [0, 0.1) is 11.7 Å². The highest BCUT2D eigenvalue weighted by Crippen LogP contribution is 2.51. The molecule has 1 aliphatic heterocycles. The molecule has 0 radical (unpaired) electrons. The predicted molar refractivity (Wildman–Crippen MR) is 154 cm³/mol.